The fraction of sp³-hybridized carbons (Fsp3) is 0.188. The number of nitrogens with zero attached hydrogens (tertiary/aromatic N) is 1. The van der Waals surface area contributed by atoms with Crippen molar-refractivity contribution in [2.24, 2.45) is 5.16 Å². The number of halogens is 7. The lowest BCUT2D eigenvalue weighted by atomic mass is 9.86. The molecule has 0 saturated heterocycles. The second kappa shape index (κ2) is 6.34. The van der Waals surface area contributed by atoms with Gasteiger partial charge in [0, 0.05) is 27.6 Å². The summed E-state index contributed by atoms with van der Waals surface area (Å²) in [7, 11) is 0. The molecule has 2 aromatic carbocycles. The summed E-state index contributed by atoms with van der Waals surface area (Å²) in [6.45, 7) is 0. The van der Waals surface area contributed by atoms with Crippen LogP contribution < -0.4 is 0 Å². The van der Waals surface area contributed by atoms with Gasteiger partial charge in [-0.1, -0.05) is 46.0 Å². The van der Waals surface area contributed by atoms with E-state index < -0.39 is 24.0 Å². The van der Waals surface area contributed by atoms with Crippen molar-refractivity contribution in [1.29, 1.82) is 0 Å². The third kappa shape index (κ3) is 3.30. The van der Waals surface area contributed by atoms with Crippen LogP contribution in [0.3, 0.4) is 0 Å². The van der Waals surface area contributed by atoms with Gasteiger partial charge in [0.15, 0.2) is 0 Å². The fourth-order valence-electron chi connectivity index (χ4n) is 2.52. The van der Waals surface area contributed by atoms with Crippen molar-refractivity contribution in [1.82, 2.24) is 0 Å². The van der Waals surface area contributed by atoms with Crippen LogP contribution in [0.4, 0.5) is 17.6 Å². The highest BCUT2D eigenvalue weighted by Crippen LogP contribution is 2.49. The molecule has 1 unspecified atom stereocenters. The van der Waals surface area contributed by atoms with Crippen molar-refractivity contribution in [3.8, 4) is 0 Å². The van der Waals surface area contributed by atoms with E-state index in [2.05, 4.69) is 5.16 Å². The van der Waals surface area contributed by atoms with Crippen molar-refractivity contribution >= 4 is 40.5 Å². The van der Waals surface area contributed by atoms with Crippen molar-refractivity contribution in [3.05, 3.63) is 68.4 Å². The van der Waals surface area contributed by atoms with E-state index >= 15 is 0 Å². The minimum Gasteiger partial charge on any atom is -0.374 e. The molecule has 0 spiro atoms. The molecule has 3 rings (SSSR count). The monoisotopic (exact) mass is 411 g/mol. The number of hydrogen-bond donors (Lipinski definition) is 0. The van der Waals surface area contributed by atoms with Gasteiger partial charge in [0.25, 0.3) is 5.60 Å². The summed E-state index contributed by atoms with van der Waals surface area (Å²) in [5, 5.41) is 3.41. The van der Waals surface area contributed by atoms with Crippen LogP contribution in [0.25, 0.3) is 0 Å². The predicted octanol–water partition coefficient (Wildman–Crippen LogP) is 6.37. The van der Waals surface area contributed by atoms with Crippen LogP contribution in [0.15, 0.2) is 41.6 Å². The topological polar surface area (TPSA) is 21.6 Å². The lowest BCUT2D eigenvalue weighted by Crippen LogP contribution is -2.42. The highest BCUT2D eigenvalue weighted by Gasteiger charge is 2.62. The number of benzene rings is 2. The van der Waals surface area contributed by atoms with Crippen LogP contribution in [-0.4, -0.2) is 11.9 Å². The molecule has 25 heavy (non-hydrogen) atoms. The first-order valence-corrected chi connectivity index (χ1v) is 7.99. The summed E-state index contributed by atoms with van der Waals surface area (Å²) in [4.78, 5) is 4.85. The second-order valence-electron chi connectivity index (χ2n) is 5.42. The molecule has 1 aliphatic heterocycles. The Labute approximate surface area is 154 Å². The Hall–Kier alpha value is -1.50. The molecule has 0 aliphatic carbocycles. The van der Waals surface area contributed by atoms with Crippen molar-refractivity contribution < 1.29 is 22.4 Å². The Morgan fingerprint density at radius 1 is 1.00 bits per heavy atom. The molecule has 0 saturated carbocycles. The number of alkyl halides is 3. The summed E-state index contributed by atoms with van der Waals surface area (Å²) in [6.07, 6.45) is -5.43. The normalized spacial score (nSPS) is 20.4. The lowest BCUT2D eigenvalue weighted by molar-refractivity contribution is -0.275. The zero-order chi connectivity index (χ0) is 18.4. The summed E-state index contributed by atoms with van der Waals surface area (Å²) in [5.74, 6) is -0.686. The van der Waals surface area contributed by atoms with Gasteiger partial charge in [0.1, 0.15) is 5.82 Å². The molecule has 132 valence electrons. The summed E-state index contributed by atoms with van der Waals surface area (Å²) >= 11 is 17.3. The van der Waals surface area contributed by atoms with E-state index in [0.29, 0.717) is 0 Å². The molecule has 0 N–H and O–H groups in total. The SMILES string of the molecule is Fc1ccc(C2=NOC(c3cc(Cl)cc(Cl)c3)(C(F)(F)F)C2)cc1Cl. The maximum atomic E-state index is 13.8. The van der Waals surface area contributed by atoms with Crippen molar-refractivity contribution in [3.63, 3.8) is 0 Å². The van der Waals surface area contributed by atoms with Gasteiger partial charge in [-0.2, -0.15) is 13.2 Å². The minimum absolute atomic E-state index is 0.0182. The predicted molar refractivity (Wildman–Crippen MR) is 87.8 cm³/mol. The Bertz CT molecular complexity index is 849. The van der Waals surface area contributed by atoms with Gasteiger partial charge in [-0.25, -0.2) is 4.39 Å². The van der Waals surface area contributed by atoms with Crippen LogP contribution in [0.5, 0.6) is 0 Å². The molecule has 0 fully saturated rings. The molecular weight excluding hydrogens is 405 g/mol. The Morgan fingerprint density at radius 2 is 1.64 bits per heavy atom. The van der Waals surface area contributed by atoms with Crippen LogP contribution >= 0.6 is 34.8 Å². The van der Waals surface area contributed by atoms with Gasteiger partial charge in [0.05, 0.1) is 10.7 Å². The Morgan fingerprint density at radius 3 is 2.20 bits per heavy atom. The number of rotatable bonds is 2. The molecule has 0 aromatic heterocycles. The standard InChI is InChI=1S/C16H8Cl3F4NO/c17-10-4-9(5-11(18)6-10)15(16(21,22)23)7-14(24-25-15)8-1-2-13(20)12(19)3-8/h1-6H,7H2. The fourth-order valence-corrected chi connectivity index (χ4v) is 3.23. The van der Waals surface area contributed by atoms with Gasteiger partial charge in [0.2, 0.25) is 0 Å². The molecule has 2 aromatic rings. The zero-order valence-corrected chi connectivity index (χ0v) is 14.4. The van der Waals surface area contributed by atoms with Gasteiger partial charge < -0.3 is 4.84 Å². The Kier molecular flexibility index (Phi) is 4.64. The molecular formula is C16H8Cl3F4NO. The van der Waals surface area contributed by atoms with E-state index in [4.69, 9.17) is 39.6 Å². The lowest BCUT2D eigenvalue weighted by Gasteiger charge is -2.29. The first-order valence-electron chi connectivity index (χ1n) is 6.86. The van der Waals surface area contributed by atoms with E-state index in [1.54, 1.807) is 0 Å². The quantitative estimate of drug-likeness (QED) is 0.525. The molecule has 0 amide bonds. The van der Waals surface area contributed by atoms with Crippen LogP contribution in [0.1, 0.15) is 17.5 Å². The zero-order valence-electron chi connectivity index (χ0n) is 12.2. The molecule has 0 radical (unpaired) electrons. The van der Waals surface area contributed by atoms with E-state index in [9.17, 15) is 17.6 Å². The maximum Gasteiger partial charge on any atom is 0.435 e. The highest BCUT2D eigenvalue weighted by molar-refractivity contribution is 6.34. The number of hydrogen-bond acceptors (Lipinski definition) is 2. The van der Waals surface area contributed by atoms with Crippen molar-refractivity contribution in [2.75, 3.05) is 0 Å². The van der Waals surface area contributed by atoms with Gasteiger partial charge in [-0.05, 0) is 30.3 Å². The molecule has 9 heteroatoms. The van der Waals surface area contributed by atoms with Crippen molar-refractivity contribution in [2.45, 2.75) is 18.2 Å². The average molecular weight is 413 g/mol. The van der Waals surface area contributed by atoms with E-state index in [1.165, 1.54) is 18.2 Å². The number of oxime groups is 1. The van der Waals surface area contributed by atoms with Gasteiger partial charge >= 0.3 is 6.18 Å². The third-order valence-corrected chi connectivity index (χ3v) is 4.49. The van der Waals surface area contributed by atoms with Crippen LogP contribution in [0.2, 0.25) is 15.1 Å². The maximum absolute atomic E-state index is 13.8. The van der Waals surface area contributed by atoms with Crippen LogP contribution in [-0.2, 0) is 10.4 Å². The largest absolute Gasteiger partial charge is 0.435 e. The third-order valence-electron chi connectivity index (χ3n) is 3.77. The van der Waals surface area contributed by atoms with Gasteiger partial charge in [-0.3, -0.25) is 0 Å². The molecule has 1 aliphatic rings. The smallest absolute Gasteiger partial charge is 0.374 e. The molecule has 1 heterocycles. The first kappa shape index (κ1) is 18.3. The minimum atomic E-state index is -4.80. The molecule has 0 bridgehead atoms. The molecule has 1 atom stereocenters. The first-order chi connectivity index (χ1) is 11.6. The highest BCUT2D eigenvalue weighted by atomic mass is 35.5. The van der Waals surface area contributed by atoms with E-state index in [0.717, 1.165) is 18.2 Å². The second-order valence-corrected chi connectivity index (χ2v) is 6.70. The van der Waals surface area contributed by atoms with E-state index in [-0.39, 0.29) is 31.9 Å². The average Bonchev–Trinajstić information content (AvgIpc) is 2.95. The summed E-state index contributed by atoms with van der Waals surface area (Å²) < 4.78 is 54.7. The summed E-state index contributed by atoms with van der Waals surface area (Å²) in [6, 6.07) is 7.07. The van der Waals surface area contributed by atoms with Gasteiger partial charge in [-0.15, -0.1) is 0 Å². The summed E-state index contributed by atoms with van der Waals surface area (Å²) in [5.41, 5.74) is -2.80. The Balaban J connectivity index is 2.04. The van der Waals surface area contributed by atoms with Crippen LogP contribution in [0, 0.1) is 5.82 Å². The molecule has 2 nitrogen and oxygen atoms in total. The van der Waals surface area contributed by atoms with E-state index in [1.807, 2.05) is 0 Å².